The van der Waals surface area contributed by atoms with E-state index in [1.807, 2.05) is 66.7 Å². The van der Waals surface area contributed by atoms with Crippen LogP contribution in [0.5, 0.6) is 0 Å². The van der Waals surface area contributed by atoms with Crippen LogP contribution in [0.25, 0.3) is 33.6 Å². The number of rotatable bonds is 7. The van der Waals surface area contributed by atoms with E-state index in [0.717, 1.165) is 27.7 Å². The quantitative estimate of drug-likeness (QED) is 0.340. The summed E-state index contributed by atoms with van der Waals surface area (Å²) >= 11 is 0. The number of hydrogen-bond acceptors (Lipinski definition) is 8. The first kappa shape index (κ1) is 21.3. The molecule has 1 N–H and O–H groups in total. The summed E-state index contributed by atoms with van der Waals surface area (Å²) in [6.45, 7) is 2.45. The fraction of sp³-hybridized carbons (Fsp3) is 0.115. The average molecular weight is 451 g/mol. The highest BCUT2D eigenvalue weighted by molar-refractivity contribution is 6.02. The molecule has 8 heteroatoms. The second kappa shape index (κ2) is 9.50. The Morgan fingerprint density at radius 1 is 1.00 bits per heavy atom. The number of ether oxygens (including phenoxy) is 1. The van der Waals surface area contributed by atoms with Crippen molar-refractivity contribution in [3.05, 3.63) is 90.4 Å². The number of esters is 1. The SMILES string of the molecule is CCOC(=O)c1cc(-c2nc(NCc3ccccn3)c3c(-c4ccccc4)cccc3n2)on1. The van der Waals surface area contributed by atoms with Crippen molar-refractivity contribution in [3.63, 3.8) is 0 Å². The lowest BCUT2D eigenvalue weighted by atomic mass is 10.0. The van der Waals surface area contributed by atoms with Crippen LogP contribution in [-0.2, 0) is 11.3 Å². The Kier molecular flexibility index (Phi) is 5.94. The predicted octanol–water partition coefficient (Wildman–Crippen LogP) is 5.14. The van der Waals surface area contributed by atoms with Crippen molar-refractivity contribution in [2.45, 2.75) is 13.5 Å². The zero-order valence-electron chi connectivity index (χ0n) is 18.4. The van der Waals surface area contributed by atoms with Crippen LogP contribution in [0.1, 0.15) is 23.1 Å². The van der Waals surface area contributed by atoms with Crippen molar-refractivity contribution in [2.24, 2.45) is 0 Å². The smallest absolute Gasteiger partial charge is 0.360 e. The molecule has 5 rings (SSSR count). The van der Waals surface area contributed by atoms with Crippen LogP contribution in [0.15, 0.2) is 83.5 Å². The standard InChI is InChI=1S/C26H21N5O3/c1-2-33-26(32)21-15-22(34-31-21)24-29-20-13-8-12-19(17-9-4-3-5-10-17)23(20)25(30-24)28-16-18-11-6-7-14-27-18/h3-15H,2,16H2,1H3,(H,28,29,30). The highest BCUT2D eigenvalue weighted by Gasteiger charge is 2.19. The molecule has 3 heterocycles. The number of anilines is 1. The minimum atomic E-state index is -0.557. The summed E-state index contributed by atoms with van der Waals surface area (Å²) in [6, 6.07) is 23.2. The van der Waals surface area contributed by atoms with Gasteiger partial charge in [0.2, 0.25) is 11.6 Å². The van der Waals surface area contributed by atoms with Gasteiger partial charge in [-0.3, -0.25) is 4.98 Å². The summed E-state index contributed by atoms with van der Waals surface area (Å²) in [6.07, 6.45) is 1.75. The molecule has 0 spiro atoms. The van der Waals surface area contributed by atoms with Crippen molar-refractivity contribution in [2.75, 3.05) is 11.9 Å². The second-order valence-corrected chi connectivity index (χ2v) is 7.43. The molecule has 0 fully saturated rings. The van der Waals surface area contributed by atoms with Gasteiger partial charge in [0.25, 0.3) is 0 Å². The maximum Gasteiger partial charge on any atom is 0.360 e. The van der Waals surface area contributed by atoms with E-state index in [9.17, 15) is 4.79 Å². The summed E-state index contributed by atoms with van der Waals surface area (Å²) in [5, 5.41) is 8.10. The summed E-state index contributed by atoms with van der Waals surface area (Å²) in [7, 11) is 0. The molecule has 0 aliphatic heterocycles. The molecular weight excluding hydrogens is 430 g/mol. The molecular formula is C26H21N5O3. The van der Waals surface area contributed by atoms with Crippen LogP contribution in [0, 0.1) is 0 Å². The molecule has 5 aromatic rings. The van der Waals surface area contributed by atoms with Crippen molar-refractivity contribution >= 4 is 22.7 Å². The number of fused-ring (bicyclic) bond motifs is 1. The van der Waals surface area contributed by atoms with Crippen LogP contribution in [0.3, 0.4) is 0 Å². The molecule has 0 unspecified atom stereocenters. The number of nitrogens with zero attached hydrogens (tertiary/aromatic N) is 4. The lowest BCUT2D eigenvalue weighted by molar-refractivity contribution is 0.0514. The third-order valence-corrected chi connectivity index (χ3v) is 5.19. The highest BCUT2D eigenvalue weighted by Crippen LogP contribution is 2.34. The first-order chi connectivity index (χ1) is 16.7. The zero-order valence-corrected chi connectivity index (χ0v) is 18.4. The summed E-state index contributed by atoms with van der Waals surface area (Å²) in [4.78, 5) is 25.9. The van der Waals surface area contributed by atoms with Gasteiger partial charge in [-0.2, -0.15) is 0 Å². The van der Waals surface area contributed by atoms with E-state index < -0.39 is 5.97 Å². The number of hydrogen-bond donors (Lipinski definition) is 1. The van der Waals surface area contributed by atoms with Crippen LogP contribution >= 0.6 is 0 Å². The van der Waals surface area contributed by atoms with E-state index in [-0.39, 0.29) is 18.1 Å². The molecule has 0 aliphatic carbocycles. The summed E-state index contributed by atoms with van der Waals surface area (Å²) in [5.41, 5.74) is 3.72. The lowest BCUT2D eigenvalue weighted by Gasteiger charge is -2.13. The minimum Gasteiger partial charge on any atom is -0.461 e. The van der Waals surface area contributed by atoms with E-state index in [1.54, 1.807) is 13.1 Å². The third kappa shape index (κ3) is 4.33. The second-order valence-electron chi connectivity index (χ2n) is 7.43. The molecule has 0 radical (unpaired) electrons. The molecule has 3 aromatic heterocycles. The van der Waals surface area contributed by atoms with E-state index in [4.69, 9.17) is 19.2 Å². The van der Waals surface area contributed by atoms with E-state index >= 15 is 0 Å². The van der Waals surface area contributed by atoms with Crippen LogP contribution < -0.4 is 5.32 Å². The van der Waals surface area contributed by atoms with Gasteiger partial charge in [-0.25, -0.2) is 14.8 Å². The Morgan fingerprint density at radius 3 is 2.65 bits per heavy atom. The Labute approximate surface area is 195 Å². The van der Waals surface area contributed by atoms with Gasteiger partial charge in [0.15, 0.2) is 5.69 Å². The van der Waals surface area contributed by atoms with Crippen molar-refractivity contribution < 1.29 is 14.1 Å². The minimum absolute atomic E-state index is 0.0709. The van der Waals surface area contributed by atoms with E-state index in [1.165, 1.54) is 6.07 Å². The number of pyridine rings is 1. The normalized spacial score (nSPS) is 10.9. The molecule has 0 atom stereocenters. The van der Waals surface area contributed by atoms with Crippen LogP contribution in [-0.4, -0.2) is 32.7 Å². The topological polar surface area (TPSA) is 103 Å². The third-order valence-electron chi connectivity index (χ3n) is 5.19. The summed E-state index contributed by atoms with van der Waals surface area (Å²) in [5.74, 6) is 0.651. The Balaban J connectivity index is 1.62. The van der Waals surface area contributed by atoms with Crippen LogP contribution in [0.2, 0.25) is 0 Å². The van der Waals surface area contributed by atoms with Gasteiger partial charge in [0.1, 0.15) is 5.82 Å². The first-order valence-electron chi connectivity index (χ1n) is 10.9. The first-order valence-corrected chi connectivity index (χ1v) is 10.9. The van der Waals surface area contributed by atoms with Gasteiger partial charge in [0, 0.05) is 12.3 Å². The Bertz CT molecular complexity index is 1440. The van der Waals surface area contributed by atoms with Gasteiger partial charge in [-0.15, -0.1) is 0 Å². The molecule has 0 bridgehead atoms. The molecule has 0 amide bonds. The van der Waals surface area contributed by atoms with Gasteiger partial charge < -0.3 is 14.6 Å². The highest BCUT2D eigenvalue weighted by atomic mass is 16.5. The molecule has 0 saturated heterocycles. The zero-order chi connectivity index (χ0) is 23.3. The van der Waals surface area contributed by atoms with Gasteiger partial charge in [-0.1, -0.05) is 53.7 Å². The van der Waals surface area contributed by atoms with Crippen molar-refractivity contribution in [3.8, 4) is 22.7 Å². The van der Waals surface area contributed by atoms with Crippen LogP contribution in [0.4, 0.5) is 5.82 Å². The Morgan fingerprint density at radius 2 is 1.85 bits per heavy atom. The largest absolute Gasteiger partial charge is 0.461 e. The maximum atomic E-state index is 12.0. The average Bonchev–Trinajstić information content (AvgIpc) is 3.39. The molecule has 0 aliphatic rings. The fourth-order valence-electron chi connectivity index (χ4n) is 3.64. The Hall–Kier alpha value is -4.59. The van der Waals surface area contributed by atoms with Gasteiger partial charge in [0.05, 0.1) is 29.7 Å². The monoisotopic (exact) mass is 451 g/mol. The van der Waals surface area contributed by atoms with Gasteiger partial charge >= 0.3 is 5.97 Å². The van der Waals surface area contributed by atoms with Gasteiger partial charge in [-0.05, 0) is 36.2 Å². The molecule has 2 aromatic carbocycles. The summed E-state index contributed by atoms with van der Waals surface area (Å²) < 4.78 is 10.4. The fourth-order valence-corrected chi connectivity index (χ4v) is 3.64. The van der Waals surface area contributed by atoms with Crippen molar-refractivity contribution in [1.29, 1.82) is 0 Å². The number of carbonyl (C=O) groups excluding carboxylic acids is 1. The number of carbonyl (C=O) groups is 1. The molecule has 8 nitrogen and oxygen atoms in total. The van der Waals surface area contributed by atoms with E-state index in [0.29, 0.717) is 18.2 Å². The number of nitrogens with one attached hydrogen (secondary N) is 1. The molecule has 168 valence electrons. The molecule has 34 heavy (non-hydrogen) atoms. The van der Waals surface area contributed by atoms with Crippen molar-refractivity contribution in [1.82, 2.24) is 20.1 Å². The van der Waals surface area contributed by atoms with E-state index in [2.05, 4.69) is 15.5 Å². The molecule has 0 saturated carbocycles. The number of aromatic nitrogens is 4. The predicted molar refractivity (Wildman–Crippen MR) is 128 cm³/mol. The maximum absolute atomic E-state index is 12.0. The lowest BCUT2D eigenvalue weighted by Crippen LogP contribution is -2.06. The number of benzene rings is 2.